The Kier molecular flexibility index (Phi) is 11.7. The molecule has 0 amide bonds. The van der Waals surface area contributed by atoms with Crippen LogP contribution in [-0.2, 0) is 14.8 Å². The average molecular weight is 603 g/mol. The number of hydrogen-bond acceptors (Lipinski definition) is 9. The maximum absolute atomic E-state index is 15.4. The van der Waals surface area contributed by atoms with E-state index in [1.54, 1.807) is 31.2 Å². The highest BCUT2D eigenvalue weighted by Gasteiger charge is 2.19. The molecule has 5 N–H and O–H groups in total. The van der Waals surface area contributed by atoms with Crippen LogP contribution in [-0.4, -0.2) is 55.6 Å². The van der Waals surface area contributed by atoms with Gasteiger partial charge in [-0.15, -0.1) is 0 Å². The number of benzene rings is 2. The van der Waals surface area contributed by atoms with E-state index >= 15 is 4.39 Å². The Morgan fingerprint density at radius 2 is 1.79 bits per heavy atom. The largest absolute Gasteiger partial charge is 0.492 e. The number of ether oxygens (including phenoxy) is 2. The Balaban J connectivity index is 0.000000730. The van der Waals surface area contributed by atoms with Gasteiger partial charge in [0.05, 0.1) is 24.7 Å². The molecule has 0 unspecified atom stereocenters. The fourth-order valence-electron chi connectivity index (χ4n) is 3.90. The van der Waals surface area contributed by atoms with Crippen molar-refractivity contribution in [1.82, 2.24) is 15.0 Å². The normalized spacial score (nSPS) is 11.2. The van der Waals surface area contributed by atoms with Crippen molar-refractivity contribution in [3.63, 3.8) is 0 Å². The second-order valence-electron chi connectivity index (χ2n) is 9.04. The number of alkyl halides is 1. The maximum atomic E-state index is 15.4. The van der Waals surface area contributed by atoms with Crippen molar-refractivity contribution in [1.29, 1.82) is 0 Å². The first-order valence-electron chi connectivity index (χ1n) is 13.5. The van der Waals surface area contributed by atoms with E-state index in [0.717, 1.165) is 19.6 Å². The molecule has 4 rings (SSSR count). The van der Waals surface area contributed by atoms with Crippen LogP contribution < -0.4 is 20.9 Å². The van der Waals surface area contributed by atoms with Gasteiger partial charge in [-0.05, 0) is 62.6 Å². The van der Waals surface area contributed by atoms with Crippen molar-refractivity contribution < 1.29 is 26.7 Å². The van der Waals surface area contributed by atoms with Crippen molar-refractivity contribution in [2.24, 2.45) is 0 Å². The Morgan fingerprint density at radius 3 is 2.40 bits per heavy atom. The van der Waals surface area contributed by atoms with Crippen molar-refractivity contribution in [3.8, 4) is 28.3 Å². The fraction of sp³-hybridized carbons (Fsp3) is 0.345. The number of sulfonamides is 1. The fourth-order valence-corrected chi connectivity index (χ4v) is 4.98. The Hall–Kier alpha value is -4.10. The molecule has 2 heterocycles. The van der Waals surface area contributed by atoms with Crippen LogP contribution in [0.1, 0.15) is 33.6 Å². The quantitative estimate of drug-likeness (QED) is 0.176. The third-order valence-electron chi connectivity index (χ3n) is 5.81. The minimum atomic E-state index is -3.92. The summed E-state index contributed by atoms with van der Waals surface area (Å²) in [5.41, 5.74) is 13.2. The van der Waals surface area contributed by atoms with E-state index in [1.807, 2.05) is 6.92 Å². The summed E-state index contributed by atoms with van der Waals surface area (Å²) in [7, 11) is -3.92. The zero-order valence-electron chi connectivity index (χ0n) is 23.9. The summed E-state index contributed by atoms with van der Waals surface area (Å²) >= 11 is 0. The van der Waals surface area contributed by atoms with Crippen LogP contribution in [0.5, 0.6) is 5.75 Å². The van der Waals surface area contributed by atoms with Gasteiger partial charge in [-0.3, -0.25) is 9.11 Å². The van der Waals surface area contributed by atoms with Gasteiger partial charge in [-0.25, -0.2) is 27.8 Å². The molecule has 10 nitrogen and oxygen atoms in total. The Bertz CT molecular complexity index is 1580. The molecule has 0 aliphatic rings. The van der Waals surface area contributed by atoms with Crippen LogP contribution in [0.2, 0.25) is 0 Å². The molecule has 0 saturated heterocycles. The van der Waals surface area contributed by atoms with Gasteiger partial charge in [0.25, 0.3) is 0 Å². The number of pyridine rings is 1. The van der Waals surface area contributed by atoms with Crippen LogP contribution in [0.3, 0.4) is 0 Å². The molecule has 0 aliphatic carbocycles. The van der Waals surface area contributed by atoms with Crippen LogP contribution in [0, 0.1) is 5.82 Å². The summed E-state index contributed by atoms with van der Waals surface area (Å²) in [6.45, 7) is 7.19. The number of aromatic nitrogens is 3. The molecule has 0 atom stereocenters. The van der Waals surface area contributed by atoms with Gasteiger partial charge < -0.3 is 20.9 Å². The lowest BCUT2D eigenvalue weighted by molar-refractivity contribution is 0.148. The number of anilines is 3. The predicted molar refractivity (Wildman–Crippen MR) is 163 cm³/mol. The number of hydrogen-bond donors (Lipinski definition) is 3. The van der Waals surface area contributed by atoms with Gasteiger partial charge in [0.1, 0.15) is 22.9 Å². The molecule has 4 aromatic rings. The lowest BCUT2D eigenvalue weighted by Crippen LogP contribution is -2.18. The molecule has 42 heavy (non-hydrogen) atoms. The molecule has 226 valence electrons. The zero-order chi connectivity index (χ0) is 30.7. The predicted octanol–water partition coefficient (Wildman–Crippen LogP) is 5.60. The van der Waals surface area contributed by atoms with E-state index in [0.29, 0.717) is 46.0 Å². The summed E-state index contributed by atoms with van der Waals surface area (Å²) in [5.74, 6) is -0.113. The number of nitrogens with one attached hydrogen (secondary N) is 1. The first-order chi connectivity index (χ1) is 20.1. The highest BCUT2D eigenvalue weighted by molar-refractivity contribution is 7.92. The second kappa shape index (κ2) is 15.2. The van der Waals surface area contributed by atoms with Crippen molar-refractivity contribution in [2.45, 2.75) is 33.6 Å². The van der Waals surface area contributed by atoms with E-state index in [4.69, 9.17) is 20.9 Å². The summed E-state index contributed by atoms with van der Waals surface area (Å²) in [4.78, 5) is 13.0. The van der Waals surface area contributed by atoms with Crippen molar-refractivity contribution in [3.05, 3.63) is 54.5 Å². The van der Waals surface area contributed by atoms with E-state index in [2.05, 4.69) is 26.6 Å². The third kappa shape index (κ3) is 8.46. The van der Waals surface area contributed by atoms with Crippen molar-refractivity contribution >= 4 is 38.2 Å². The number of rotatable bonds is 12. The minimum absolute atomic E-state index is 0.106. The molecule has 2 aromatic carbocycles. The number of fused-ring (bicyclic) bond motifs is 1. The molecule has 0 bridgehead atoms. The van der Waals surface area contributed by atoms with E-state index < -0.39 is 28.3 Å². The summed E-state index contributed by atoms with van der Waals surface area (Å²) in [6.07, 6.45) is 2.47. The van der Waals surface area contributed by atoms with Gasteiger partial charge in [0.2, 0.25) is 10.0 Å². The summed E-state index contributed by atoms with van der Waals surface area (Å²) in [5, 5.41) is 0.427. The van der Waals surface area contributed by atoms with Crippen LogP contribution in [0.4, 0.5) is 26.1 Å². The summed E-state index contributed by atoms with van der Waals surface area (Å²) in [6, 6.07) is 10.8. The molecular weight excluding hydrogens is 566 g/mol. The second-order valence-corrected chi connectivity index (χ2v) is 10.9. The smallest absolute Gasteiger partial charge is 0.232 e. The molecule has 0 radical (unpaired) electrons. The van der Waals surface area contributed by atoms with E-state index in [1.165, 1.54) is 24.4 Å². The van der Waals surface area contributed by atoms with Gasteiger partial charge in [0, 0.05) is 35.9 Å². The van der Waals surface area contributed by atoms with E-state index in [-0.39, 0.29) is 23.5 Å². The standard InChI is InChI=1S/C24H24F2N6O3S.C5H12O/c1-2-35-19-12-15(16-5-3-6-18(21(16)26)32-36(33,34)10-4-9-25)11-17-22(19)30-24(31-23(17)28)14-7-8-20(27)29-13-14;1-3-5-6-4-2/h3,5-8,11-13,32H,2,4,9-10H2,1H3,(H2,27,29)(H2,28,30,31);3-5H2,1-2H3. The van der Waals surface area contributed by atoms with Crippen LogP contribution in [0.15, 0.2) is 48.7 Å². The van der Waals surface area contributed by atoms with Gasteiger partial charge >= 0.3 is 0 Å². The maximum Gasteiger partial charge on any atom is 0.232 e. The zero-order valence-corrected chi connectivity index (χ0v) is 24.7. The minimum Gasteiger partial charge on any atom is -0.492 e. The third-order valence-corrected chi connectivity index (χ3v) is 7.17. The lowest BCUT2D eigenvalue weighted by Gasteiger charge is -2.15. The summed E-state index contributed by atoms with van der Waals surface area (Å²) < 4.78 is 65.2. The van der Waals surface area contributed by atoms with Crippen LogP contribution in [0.25, 0.3) is 33.4 Å². The number of nitrogens with two attached hydrogens (primary N) is 2. The first kappa shape index (κ1) is 32.4. The highest BCUT2D eigenvalue weighted by Crippen LogP contribution is 2.37. The molecule has 0 saturated carbocycles. The number of nitrogen functional groups attached to an aromatic ring is 2. The lowest BCUT2D eigenvalue weighted by atomic mass is 10.0. The molecule has 13 heteroatoms. The molecule has 0 fully saturated rings. The Morgan fingerprint density at radius 1 is 1.00 bits per heavy atom. The SMILES string of the molecule is CCCOCC.CCOc1cc(-c2cccc(NS(=O)(=O)CCCF)c2F)cc2c(N)nc(-c3ccc(N)nc3)nc12. The van der Waals surface area contributed by atoms with Crippen molar-refractivity contribution in [2.75, 3.05) is 48.4 Å². The van der Waals surface area contributed by atoms with Gasteiger partial charge in [-0.1, -0.05) is 19.1 Å². The molecule has 0 spiro atoms. The van der Waals surface area contributed by atoms with Gasteiger partial charge in [-0.2, -0.15) is 0 Å². The average Bonchev–Trinajstić information content (AvgIpc) is 2.97. The Labute approximate surface area is 244 Å². The number of halogens is 2. The molecule has 2 aromatic heterocycles. The van der Waals surface area contributed by atoms with E-state index in [9.17, 15) is 12.8 Å². The number of nitrogens with zero attached hydrogens (tertiary/aromatic N) is 3. The monoisotopic (exact) mass is 602 g/mol. The topological polar surface area (TPSA) is 155 Å². The molecule has 0 aliphatic heterocycles. The first-order valence-corrected chi connectivity index (χ1v) is 15.2. The molecular formula is C29H36F2N6O4S. The highest BCUT2D eigenvalue weighted by atomic mass is 32.2. The van der Waals surface area contributed by atoms with Gasteiger partial charge in [0.15, 0.2) is 11.6 Å². The van der Waals surface area contributed by atoms with Crippen LogP contribution >= 0.6 is 0 Å².